The van der Waals surface area contributed by atoms with Gasteiger partial charge in [0.15, 0.2) is 0 Å². The Balaban J connectivity index is 0.000000317. The first-order valence-electron chi connectivity index (χ1n) is 11.8. The molecular weight excluding hydrogens is 547 g/mol. The Hall–Kier alpha value is -3.01. The summed E-state index contributed by atoms with van der Waals surface area (Å²) in [4.78, 5) is 39.2. The Labute approximate surface area is 218 Å². The number of carbonyl (C=O) groups excluding carboxylic acids is 1. The SMILES string of the molecule is O=C(O)C(F)(F)F.O=C(O)C(F)(F)F.O=C([C@@H]1COC[C@H]2CN(Cc3cccnc3)C[C@H]21)N1CCC(F)CC1. The van der Waals surface area contributed by atoms with Gasteiger partial charge in [-0.25, -0.2) is 14.0 Å². The third kappa shape index (κ3) is 10.2. The summed E-state index contributed by atoms with van der Waals surface area (Å²) >= 11 is 0. The molecule has 39 heavy (non-hydrogen) atoms. The first-order valence-corrected chi connectivity index (χ1v) is 11.8. The number of amides is 1. The maximum absolute atomic E-state index is 13.4. The minimum absolute atomic E-state index is 0.0752. The van der Waals surface area contributed by atoms with Crippen LogP contribution in [0.3, 0.4) is 0 Å². The molecule has 4 heterocycles. The predicted molar refractivity (Wildman–Crippen MR) is 119 cm³/mol. The van der Waals surface area contributed by atoms with Crippen LogP contribution in [0.1, 0.15) is 18.4 Å². The lowest BCUT2D eigenvalue weighted by Gasteiger charge is -2.37. The summed E-state index contributed by atoms with van der Waals surface area (Å²) in [6.45, 7) is 5.12. The van der Waals surface area contributed by atoms with Crippen molar-refractivity contribution < 1.29 is 60.1 Å². The maximum Gasteiger partial charge on any atom is 0.490 e. The number of hydrogen-bond donors (Lipinski definition) is 2. The summed E-state index contributed by atoms with van der Waals surface area (Å²) in [5.41, 5.74) is 1.20. The minimum atomic E-state index is -5.08. The molecule has 0 aromatic carbocycles. The van der Waals surface area contributed by atoms with Gasteiger partial charge in [-0.3, -0.25) is 14.7 Å². The zero-order chi connectivity index (χ0) is 29.4. The van der Waals surface area contributed by atoms with Crippen LogP contribution in [0.15, 0.2) is 24.5 Å². The summed E-state index contributed by atoms with van der Waals surface area (Å²) in [6, 6.07) is 4.05. The van der Waals surface area contributed by atoms with E-state index in [0.717, 1.165) is 26.2 Å². The van der Waals surface area contributed by atoms with Crippen LogP contribution in [0, 0.1) is 17.8 Å². The fourth-order valence-corrected chi connectivity index (χ4v) is 4.53. The number of carboxylic acids is 2. The average Bonchev–Trinajstić information content (AvgIpc) is 3.27. The van der Waals surface area contributed by atoms with Gasteiger partial charge >= 0.3 is 24.3 Å². The molecule has 220 valence electrons. The number of hydrogen-bond acceptors (Lipinski definition) is 6. The lowest BCUT2D eigenvalue weighted by Crippen LogP contribution is -2.48. The van der Waals surface area contributed by atoms with Crippen molar-refractivity contribution in [2.75, 3.05) is 39.4 Å². The van der Waals surface area contributed by atoms with E-state index in [9.17, 15) is 35.5 Å². The van der Waals surface area contributed by atoms with Gasteiger partial charge in [-0.15, -0.1) is 0 Å². The molecule has 0 aliphatic carbocycles. The smallest absolute Gasteiger partial charge is 0.475 e. The van der Waals surface area contributed by atoms with Gasteiger partial charge in [0.1, 0.15) is 6.17 Å². The van der Waals surface area contributed by atoms with Crippen molar-refractivity contribution in [1.82, 2.24) is 14.8 Å². The van der Waals surface area contributed by atoms with E-state index in [4.69, 9.17) is 24.5 Å². The highest BCUT2D eigenvalue weighted by atomic mass is 19.4. The van der Waals surface area contributed by atoms with E-state index in [1.807, 2.05) is 17.2 Å². The molecular formula is C23H28F7N3O6. The van der Waals surface area contributed by atoms with Crippen LogP contribution in [0.25, 0.3) is 0 Å². The van der Waals surface area contributed by atoms with Crippen molar-refractivity contribution in [3.8, 4) is 0 Å². The molecule has 4 rings (SSSR count). The second-order valence-electron chi connectivity index (χ2n) is 9.23. The van der Waals surface area contributed by atoms with Crippen molar-refractivity contribution in [3.05, 3.63) is 30.1 Å². The Morgan fingerprint density at radius 1 is 0.974 bits per heavy atom. The fourth-order valence-electron chi connectivity index (χ4n) is 4.53. The van der Waals surface area contributed by atoms with Crippen LogP contribution < -0.4 is 0 Å². The van der Waals surface area contributed by atoms with Crippen LogP contribution >= 0.6 is 0 Å². The number of pyridine rings is 1. The first-order chi connectivity index (χ1) is 18.1. The number of carbonyl (C=O) groups is 3. The number of halogens is 7. The molecule has 0 bridgehead atoms. The molecule has 1 amide bonds. The van der Waals surface area contributed by atoms with E-state index in [1.54, 1.807) is 6.20 Å². The minimum Gasteiger partial charge on any atom is -0.475 e. The van der Waals surface area contributed by atoms with Crippen LogP contribution in [0.5, 0.6) is 0 Å². The number of piperidine rings is 1. The van der Waals surface area contributed by atoms with E-state index < -0.39 is 30.5 Å². The van der Waals surface area contributed by atoms with Gasteiger partial charge in [0.25, 0.3) is 0 Å². The summed E-state index contributed by atoms with van der Waals surface area (Å²) < 4.78 is 82.6. The summed E-state index contributed by atoms with van der Waals surface area (Å²) in [7, 11) is 0. The van der Waals surface area contributed by atoms with Crippen LogP contribution in [0.2, 0.25) is 0 Å². The van der Waals surface area contributed by atoms with Crippen molar-refractivity contribution in [3.63, 3.8) is 0 Å². The molecule has 0 unspecified atom stereocenters. The Morgan fingerprint density at radius 3 is 2.03 bits per heavy atom. The molecule has 1 aromatic heterocycles. The highest BCUT2D eigenvalue weighted by molar-refractivity contribution is 5.79. The molecule has 1 aromatic rings. The summed E-state index contributed by atoms with van der Waals surface area (Å²) in [6.07, 6.45) is -6.28. The summed E-state index contributed by atoms with van der Waals surface area (Å²) in [5.74, 6) is -4.65. The molecule has 3 fully saturated rings. The number of nitrogens with zero attached hydrogens (tertiary/aromatic N) is 3. The highest BCUT2D eigenvalue weighted by Crippen LogP contribution is 2.36. The van der Waals surface area contributed by atoms with Gasteiger partial charge in [0.2, 0.25) is 5.91 Å². The Kier molecular flexibility index (Phi) is 11.5. The molecule has 2 N–H and O–H groups in total. The average molecular weight is 575 g/mol. The number of likely N-dealkylation sites (tertiary alicyclic amines) is 2. The van der Waals surface area contributed by atoms with Crippen LogP contribution in [-0.4, -0.2) is 101 Å². The van der Waals surface area contributed by atoms with Gasteiger partial charge < -0.3 is 19.8 Å². The van der Waals surface area contributed by atoms with Crippen LogP contribution in [0.4, 0.5) is 30.7 Å². The first kappa shape index (κ1) is 32.2. The number of carboxylic acid groups (broad SMARTS) is 2. The van der Waals surface area contributed by atoms with Crippen molar-refractivity contribution >= 4 is 17.8 Å². The van der Waals surface area contributed by atoms with Gasteiger partial charge in [-0.1, -0.05) is 6.07 Å². The van der Waals surface area contributed by atoms with E-state index in [2.05, 4.69) is 16.0 Å². The number of aliphatic carboxylic acids is 2. The molecule has 3 saturated heterocycles. The van der Waals surface area contributed by atoms with E-state index in [0.29, 0.717) is 44.4 Å². The molecule has 3 aliphatic rings. The summed E-state index contributed by atoms with van der Waals surface area (Å²) in [5, 5.41) is 14.2. The van der Waals surface area contributed by atoms with Gasteiger partial charge in [0, 0.05) is 45.1 Å². The second kappa shape index (κ2) is 13.9. The Bertz CT molecular complexity index is 932. The lowest BCUT2D eigenvalue weighted by atomic mass is 9.81. The fraction of sp³-hybridized carbons (Fsp3) is 0.652. The molecule has 0 saturated carbocycles. The highest BCUT2D eigenvalue weighted by Gasteiger charge is 2.45. The third-order valence-corrected chi connectivity index (χ3v) is 6.38. The van der Waals surface area contributed by atoms with Crippen molar-refractivity contribution in [1.29, 1.82) is 0 Å². The van der Waals surface area contributed by atoms with E-state index >= 15 is 0 Å². The maximum atomic E-state index is 13.4. The van der Waals surface area contributed by atoms with Crippen molar-refractivity contribution in [2.45, 2.75) is 37.9 Å². The molecule has 3 atom stereocenters. The predicted octanol–water partition coefficient (Wildman–Crippen LogP) is 3.00. The standard InChI is InChI=1S/C19H26FN3O2.2C2HF3O2/c20-16-3-6-23(7-4-16)19(24)18-13-25-12-15-10-22(11-17(15)18)9-14-2-1-5-21-8-14;2*3-2(4,5)1(6)7/h1-2,5,8,15-18H,3-4,6-7,9-13H2;2*(H,6,7)/t15-,17-,18-;;/m1../s1. The van der Waals surface area contributed by atoms with Gasteiger partial charge in [-0.2, -0.15) is 26.3 Å². The zero-order valence-electron chi connectivity index (χ0n) is 20.5. The van der Waals surface area contributed by atoms with E-state index in [1.165, 1.54) is 5.56 Å². The van der Waals surface area contributed by atoms with Gasteiger partial charge in [0.05, 0.1) is 19.1 Å². The largest absolute Gasteiger partial charge is 0.490 e. The molecule has 3 aliphatic heterocycles. The van der Waals surface area contributed by atoms with Crippen LogP contribution in [-0.2, 0) is 25.7 Å². The normalized spacial score (nSPS) is 24.0. The molecule has 16 heteroatoms. The number of ether oxygens (including phenoxy) is 1. The number of fused-ring (bicyclic) bond motifs is 1. The molecule has 9 nitrogen and oxygen atoms in total. The molecule has 0 radical (unpaired) electrons. The van der Waals surface area contributed by atoms with Gasteiger partial charge in [-0.05, 0) is 36.3 Å². The monoisotopic (exact) mass is 575 g/mol. The molecule has 0 spiro atoms. The quantitative estimate of drug-likeness (QED) is 0.528. The Morgan fingerprint density at radius 2 is 1.54 bits per heavy atom. The lowest BCUT2D eigenvalue weighted by molar-refractivity contribution is -0.193. The van der Waals surface area contributed by atoms with E-state index in [-0.39, 0.29) is 11.8 Å². The van der Waals surface area contributed by atoms with Crippen molar-refractivity contribution in [2.24, 2.45) is 17.8 Å². The number of rotatable bonds is 3. The number of alkyl halides is 7. The number of aromatic nitrogens is 1. The topological polar surface area (TPSA) is 120 Å². The zero-order valence-corrected chi connectivity index (χ0v) is 20.5. The third-order valence-electron chi connectivity index (χ3n) is 6.38. The second-order valence-corrected chi connectivity index (χ2v) is 9.23.